The van der Waals surface area contributed by atoms with Crippen molar-refractivity contribution in [1.82, 2.24) is 14.4 Å². The Balaban J connectivity index is 1.48. The summed E-state index contributed by atoms with van der Waals surface area (Å²) in [6.07, 6.45) is 3.15. The normalized spacial score (nSPS) is 17.0. The fourth-order valence-corrected chi connectivity index (χ4v) is 7.07. The lowest BCUT2D eigenvalue weighted by Gasteiger charge is -2.32. The molecular formula is C30H32N4O2S. The smallest absolute Gasteiger partial charge is 0.322 e. The zero-order valence-electron chi connectivity index (χ0n) is 21.7. The van der Waals surface area contributed by atoms with Gasteiger partial charge in [0.2, 0.25) is 0 Å². The molecule has 0 spiro atoms. The minimum atomic E-state index is -0.242. The number of likely N-dealkylation sites (N-methyl/N-ethyl adjacent to an activating group) is 1. The maximum atomic E-state index is 14.1. The number of carbonyl (C=O) groups excluding carboxylic acids is 1. The summed E-state index contributed by atoms with van der Waals surface area (Å²) in [6, 6.07) is 18.1. The van der Waals surface area contributed by atoms with E-state index in [1.54, 1.807) is 7.11 Å². The number of amides is 2. The van der Waals surface area contributed by atoms with Crippen LogP contribution >= 0.6 is 11.3 Å². The zero-order valence-corrected chi connectivity index (χ0v) is 22.6. The number of hydrogen-bond donors (Lipinski definition) is 1. The number of carbonyl (C=O) groups is 1. The van der Waals surface area contributed by atoms with Gasteiger partial charge in [-0.3, -0.25) is 0 Å². The molecule has 0 unspecified atom stereocenters. The summed E-state index contributed by atoms with van der Waals surface area (Å²) in [6.45, 7) is 6.66. The van der Waals surface area contributed by atoms with Gasteiger partial charge in [0.25, 0.3) is 0 Å². The van der Waals surface area contributed by atoms with Gasteiger partial charge in [0.05, 0.1) is 25.4 Å². The van der Waals surface area contributed by atoms with Gasteiger partial charge in [-0.1, -0.05) is 29.8 Å². The molecule has 6 nitrogen and oxygen atoms in total. The molecule has 2 aliphatic rings. The number of urea groups is 1. The lowest BCUT2D eigenvalue weighted by atomic mass is 10.00. The highest BCUT2D eigenvalue weighted by atomic mass is 32.1. The molecule has 2 aliphatic heterocycles. The van der Waals surface area contributed by atoms with Gasteiger partial charge in [-0.15, -0.1) is 11.3 Å². The topological polar surface area (TPSA) is 49.7 Å². The van der Waals surface area contributed by atoms with Gasteiger partial charge in [-0.25, -0.2) is 4.79 Å². The number of benzene rings is 2. The predicted molar refractivity (Wildman–Crippen MR) is 149 cm³/mol. The summed E-state index contributed by atoms with van der Waals surface area (Å²) in [7, 11) is 3.85. The van der Waals surface area contributed by atoms with Gasteiger partial charge in [-0.05, 0) is 74.3 Å². The molecule has 4 heterocycles. The highest BCUT2D eigenvalue weighted by molar-refractivity contribution is 7.15. The second-order valence-corrected chi connectivity index (χ2v) is 11.2. The van der Waals surface area contributed by atoms with Crippen LogP contribution in [0.2, 0.25) is 0 Å². The Kier molecular flexibility index (Phi) is 6.05. The maximum absolute atomic E-state index is 14.1. The first-order valence-corrected chi connectivity index (χ1v) is 13.5. The third-order valence-corrected chi connectivity index (χ3v) is 8.83. The highest BCUT2D eigenvalue weighted by Crippen LogP contribution is 2.43. The average Bonchev–Trinajstić information content (AvgIpc) is 3.47. The van der Waals surface area contributed by atoms with Crippen LogP contribution in [0, 0.1) is 13.8 Å². The number of nitrogens with one attached hydrogen (secondary N) is 1. The monoisotopic (exact) mass is 512 g/mol. The van der Waals surface area contributed by atoms with Gasteiger partial charge in [0.15, 0.2) is 0 Å². The molecule has 0 saturated carbocycles. The van der Waals surface area contributed by atoms with Crippen LogP contribution in [-0.4, -0.2) is 41.1 Å². The van der Waals surface area contributed by atoms with Gasteiger partial charge < -0.3 is 24.4 Å². The van der Waals surface area contributed by atoms with Crippen molar-refractivity contribution < 1.29 is 9.53 Å². The quantitative estimate of drug-likeness (QED) is 0.351. The van der Waals surface area contributed by atoms with E-state index in [-0.39, 0.29) is 12.1 Å². The number of aryl methyl sites for hydroxylation is 2. The molecule has 0 fully saturated rings. The van der Waals surface area contributed by atoms with Gasteiger partial charge in [0, 0.05) is 35.4 Å². The zero-order chi connectivity index (χ0) is 25.7. The Morgan fingerprint density at radius 1 is 1.05 bits per heavy atom. The van der Waals surface area contributed by atoms with Gasteiger partial charge in [0.1, 0.15) is 10.8 Å². The first-order valence-electron chi connectivity index (χ1n) is 12.7. The van der Waals surface area contributed by atoms with Crippen LogP contribution in [0.3, 0.4) is 0 Å². The van der Waals surface area contributed by atoms with E-state index in [4.69, 9.17) is 4.74 Å². The number of fused-ring (bicyclic) bond motifs is 5. The Labute approximate surface area is 222 Å². The number of hydrogen-bond acceptors (Lipinski definition) is 4. The molecular weight excluding hydrogens is 480 g/mol. The van der Waals surface area contributed by atoms with Crippen LogP contribution in [0.1, 0.15) is 44.4 Å². The van der Waals surface area contributed by atoms with Crippen LogP contribution in [0.25, 0.3) is 5.00 Å². The fourth-order valence-electron chi connectivity index (χ4n) is 5.63. The van der Waals surface area contributed by atoms with Crippen molar-refractivity contribution in [2.75, 3.05) is 26.0 Å². The molecule has 37 heavy (non-hydrogen) atoms. The van der Waals surface area contributed by atoms with Crippen LogP contribution in [-0.2, 0) is 19.5 Å². The molecule has 0 bridgehead atoms. The lowest BCUT2D eigenvalue weighted by molar-refractivity contribution is 0.194. The molecule has 1 N–H and O–H groups in total. The fraction of sp³-hybridized carbons (Fsp3) is 0.300. The van der Waals surface area contributed by atoms with Crippen molar-refractivity contribution in [3.8, 4) is 10.8 Å². The highest BCUT2D eigenvalue weighted by Gasteiger charge is 2.36. The van der Waals surface area contributed by atoms with Crippen LogP contribution in [0.15, 0.2) is 60.8 Å². The van der Waals surface area contributed by atoms with E-state index in [9.17, 15) is 4.79 Å². The molecule has 0 saturated heterocycles. The van der Waals surface area contributed by atoms with Crippen LogP contribution < -0.4 is 10.1 Å². The number of nitrogens with zero attached hydrogens (tertiary/aromatic N) is 3. The first kappa shape index (κ1) is 23.8. The summed E-state index contributed by atoms with van der Waals surface area (Å²) in [5.41, 5.74) is 7.92. The van der Waals surface area contributed by atoms with E-state index in [0.29, 0.717) is 6.54 Å². The largest absolute Gasteiger partial charge is 0.497 e. The van der Waals surface area contributed by atoms with E-state index < -0.39 is 0 Å². The Bertz CT molecular complexity index is 1470. The maximum Gasteiger partial charge on any atom is 0.322 e. The minimum Gasteiger partial charge on any atom is -0.497 e. The van der Waals surface area contributed by atoms with E-state index >= 15 is 0 Å². The summed E-state index contributed by atoms with van der Waals surface area (Å²) in [5.74, 6) is 0.802. The summed E-state index contributed by atoms with van der Waals surface area (Å²) in [5, 5.41) is 4.48. The Morgan fingerprint density at radius 2 is 1.86 bits per heavy atom. The van der Waals surface area contributed by atoms with Gasteiger partial charge >= 0.3 is 6.03 Å². The van der Waals surface area contributed by atoms with Crippen molar-refractivity contribution in [2.24, 2.45) is 0 Å². The Hall–Kier alpha value is -3.55. The molecule has 190 valence electrons. The number of thiophene rings is 1. The number of aromatic nitrogens is 1. The number of ether oxygens (including phenoxy) is 1. The van der Waals surface area contributed by atoms with Gasteiger partial charge in [-0.2, -0.15) is 0 Å². The van der Waals surface area contributed by atoms with Crippen LogP contribution in [0.5, 0.6) is 5.75 Å². The molecule has 0 radical (unpaired) electrons. The molecule has 2 amide bonds. The molecule has 2 aromatic heterocycles. The van der Waals surface area contributed by atoms with Crippen molar-refractivity contribution in [1.29, 1.82) is 0 Å². The molecule has 2 aromatic carbocycles. The third kappa shape index (κ3) is 4.22. The second kappa shape index (κ2) is 9.39. The standard InChI is InChI=1S/C30H32N4O2S/c1-19-7-12-25(20(2)16-19)31-30(35)34-17-24-23-13-15-32(3)18-27(23)37-29(24)33-14-5-6-26(33)28(34)21-8-10-22(36-4)11-9-21/h5-12,14,16,28H,13,15,17-18H2,1-4H3,(H,31,35)/t28-/m0/s1. The predicted octanol–water partition coefficient (Wildman–Crippen LogP) is 6.29. The van der Waals surface area contributed by atoms with E-state index in [0.717, 1.165) is 47.8 Å². The molecule has 6 rings (SSSR count). The summed E-state index contributed by atoms with van der Waals surface area (Å²) < 4.78 is 7.72. The first-order chi connectivity index (χ1) is 17.9. The molecule has 1 atom stereocenters. The van der Waals surface area contributed by atoms with E-state index in [1.165, 1.54) is 26.6 Å². The molecule has 4 aromatic rings. The third-order valence-electron chi connectivity index (χ3n) is 7.57. The molecule has 7 heteroatoms. The number of methoxy groups -OCH3 is 1. The SMILES string of the molecule is COc1ccc([C@H]2c3cccn3-c3sc4c(c3CN2C(=O)Nc2ccc(C)cc2C)CCN(C)C4)cc1. The van der Waals surface area contributed by atoms with E-state index in [1.807, 2.05) is 47.4 Å². The van der Waals surface area contributed by atoms with E-state index in [2.05, 4.69) is 65.3 Å². The van der Waals surface area contributed by atoms with Crippen molar-refractivity contribution >= 4 is 23.1 Å². The lowest BCUT2D eigenvalue weighted by Crippen LogP contribution is -2.38. The van der Waals surface area contributed by atoms with Crippen molar-refractivity contribution in [3.63, 3.8) is 0 Å². The number of rotatable bonds is 3. The van der Waals surface area contributed by atoms with Crippen molar-refractivity contribution in [2.45, 2.75) is 39.4 Å². The summed E-state index contributed by atoms with van der Waals surface area (Å²) in [4.78, 5) is 19.9. The average molecular weight is 513 g/mol. The summed E-state index contributed by atoms with van der Waals surface area (Å²) >= 11 is 1.87. The number of anilines is 1. The second-order valence-electron chi connectivity index (χ2n) is 10.1. The minimum absolute atomic E-state index is 0.0961. The molecule has 0 aliphatic carbocycles. The Morgan fingerprint density at radius 3 is 2.62 bits per heavy atom. The van der Waals surface area contributed by atoms with Crippen LogP contribution in [0.4, 0.5) is 10.5 Å². The van der Waals surface area contributed by atoms with Crippen molar-refractivity contribution in [3.05, 3.63) is 99.2 Å².